The van der Waals surface area contributed by atoms with Crippen LogP contribution in [-0.4, -0.2) is 31.2 Å². The van der Waals surface area contributed by atoms with Crippen LogP contribution in [0.3, 0.4) is 0 Å². The Morgan fingerprint density at radius 1 is 1.40 bits per heavy atom. The molecule has 1 amide bonds. The number of carbonyl (C=O) groups excluding carboxylic acids is 1. The number of nitrogens with zero attached hydrogens (tertiary/aromatic N) is 1. The molecule has 1 fully saturated rings. The van der Waals surface area contributed by atoms with Gasteiger partial charge in [-0.2, -0.15) is 4.31 Å². The molecule has 0 aromatic heterocycles. The smallest absolute Gasteiger partial charge is 0.243 e. The van der Waals surface area contributed by atoms with Gasteiger partial charge in [-0.1, -0.05) is 6.42 Å². The predicted molar refractivity (Wildman–Crippen MR) is 74.8 cm³/mol. The second-order valence-electron chi connectivity index (χ2n) is 4.61. The van der Waals surface area contributed by atoms with Crippen molar-refractivity contribution in [3.8, 4) is 0 Å². The number of piperidine rings is 1. The zero-order valence-corrected chi connectivity index (χ0v) is 13.0. The normalized spacial score (nSPS) is 20.8. The lowest BCUT2D eigenvalue weighted by Crippen LogP contribution is -2.50. The second kappa shape index (κ2) is 5.79. The molecule has 1 aliphatic heterocycles. The van der Waals surface area contributed by atoms with Gasteiger partial charge in [0.15, 0.2) is 0 Å². The Morgan fingerprint density at radius 2 is 2.10 bits per heavy atom. The number of nitrogens with two attached hydrogens (primary N) is 1. The number of primary amides is 1. The number of hydrogen-bond acceptors (Lipinski definition) is 3. The molecule has 1 aliphatic rings. The number of hydrogen-bond donors (Lipinski definition) is 1. The Hall–Kier alpha value is -0.990. The molecule has 2 N–H and O–H groups in total. The van der Waals surface area contributed by atoms with Gasteiger partial charge in [0, 0.05) is 6.54 Å². The summed E-state index contributed by atoms with van der Waals surface area (Å²) in [6, 6.07) is 2.70. The minimum Gasteiger partial charge on any atom is -0.368 e. The standard InChI is InChI=1S/C12H14BrFN2O3S/c13-9-5-4-8(7-10(9)14)20(18,19)16-6-2-1-3-11(16)12(15)17/h4-5,7,11H,1-3,6H2,(H2,15,17). The Labute approximate surface area is 125 Å². The third-order valence-corrected chi connectivity index (χ3v) is 5.83. The maximum Gasteiger partial charge on any atom is 0.243 e. The highest BCUT2D eigenvalue weighted by Gasteiger charge is 2.36. The van der Waals surface area contributed by atoms with E-state index in [9.17, 15) is 17.6 Å². The fourth-order valence-corrected chi connectivity index (χ4v) is 4.17. The summed E-state index contributed by atoms with van der Waals surface area (Å²) in [5.74, 6) is -1.34. The third-order valence-electron chi connectivity index (χ3n) is 3.28. The number of carbonyl (C=O) groups is 1. The number of sulfonamides is 1. The molecule has 0 radical (unpaired) electrons. The molecule has 1 saturated heterocycles. The van der Waals surface area contributed by atoms with Crippen molar-refractivity contribution in [1.29, 1.82) is 0 Å². The first kappa shape index (κ1) is 15.4. The summed E-state index contributed by atoms with van der Waals surface area (Å²) in [5, 5.41) is 0. The van der Waals surface area contributed by atoms with E-state index in [-0.39, 0.29) is 15.9 Å². The highest BCUT2D eigenvalue weighted by Crippen LogP contribution is 2.27. The predicted octanol–water partition coefficient (Wildman–Crippen LogP) is 1.62. The molecular weight excluding hydrogens is 351 g/mol. The number of benzene rings is 1. The fourth-order valence-electron chi connectivity index (χ4n) is 2.25. The third kappa shape index (κ3) is 2.87. The molecule has 1 aromatic carbocycles. The Bertz CT molecular complexity index is 636. The van der Waals surface area contributed by atoms with E-state index in [0.717, 1.165) is 16.8 Å². The first-order chi connectivity index (χ1) is 9.34. The van der Waals surface area contributed by atoms with Crippen molar-refractivity contribution in [2.75, 3.05) is 6.54 Å². The molecule has 5 nitrogen and oxygen atoms in total. The van der Waals surface area contributed by atoms with Crippen LogP contribution >= 0.6 is 15.9 Å². The van der Waals surface area contributed by atoms with E-state index >= 15 is 0 Å². The van der Waals surface area contributed by atoms with Crippen LogP contribution in [-0.2, 0) is 14.8 Å². The van der Waals surface area contributed by atoms with Gasteiger partial charge < -0.3 is 5.73 Å². The molecule has 0 bridgehead atoms. The number of halogens is 2. The van der Waals surface area contributed by atoms with Crippen molar-refractivity contribution in [2.45, 2.75) is 30.2 Å². The summed E-state index contributed by atoms with van der Waals surface area (Å²) in [6.07, 6.45) is 1.80. The van der Waals surface area contributed by atoms with Gasteiger partial charge in [0.1, 0.15) is 11.9 Å². The van der Waals surface area contributed by atoms with Crippen molar-refractivity contribution in [2.24, 2.45) is 5.73 Å². The quantitative estimate of drug-likeness (QED) is 0.884. The molecule has 110 valence electrons. The van der Waals surface area contributed by atoms with Gasteiger partial charge in [0.2, 0.25) is 15.9 Å². The van der Waals surface area contributed by atoms with E-state index in [1.165, 1.54) is 12.1 Å². The highest BCUT2D eigenvalue weighted by molar-refractivity contribution is 9.10. The molecule has 0 saturated carbocycles. The van der Waals surface area contributed by atoms with Gasteiger partial charge in [-0.25, -0.2) is 12.8 Å². The summed E-state index contributed by atoms with van der Waals surface area (Å²) in [7, 11) is -3.92. The van der Waals surface area contributed by atoms with Crippen LogP contribution in [0.4, 0.5) is 4.39 Å². The van der Waals surface area contributed by atoms with Crippen molar-refractivity contribution in [1.82, 2.24) is 4.31 Å². The van der Waals surface area contributed by atoms with E-state index in [2.05, 4.69) is 15.9 Å². The maximum absolute atomic E-state index is 13.5. The van der Waals surface area contributed by atoms with Crippen LogP contribution in [0.2, 0.25) is 0 Å². The highest BCUT2D eigenvalue weighted by atomic mass is 79.9. The summed E-state index contributed by atoms with van der Waals surface area (Å²) >= 11 is 2.97. The summed E-state index contributed by atoms with van der Waals surface area (Å²) in [6.45, 7) is 0.216. The van der Waals surface area contributed by atoms with Crippen LogP contribution < -0.4 is 5.73 Å². The largest absolute Gasteiger partial charge is 0.368 e. The van der Waals surface area contributed by atoms with Gasteiger partial charge in [-0.3, -0.25) is 4.79 Å². The first-order valence-corrected chi connectivity index (χ1v) is 8.33. The number of rotatable bonds is 3. The molecular formula is C12H14BrFN2O3S. The van der Waals surface area contributed by atoms with Crippen LogP contribution in [0.15, 0.2) is 27.6 Å². The van der Waals surface area contributed by atoms with Gasteiger partial charge in [-0.05, 0) is 47.0 Å². The Morgan fingerprint density at radius 3 is 2.70 bits per heavy atom. The first-order valence-electron chi connectivity index (χ1n) is 6.10. The Kier molecular flexibility index (Phi) is 4.46. The van der Waals surface area contributed by atoms with E-state index in [0.29, 0.717) is 12.8 Å². The average Bonchev–Trinajstić information content (AvgIpc) is 2.41. The van der Waals surface area contributed by atoms with Crippen molar-refractivity contribution in [3.63, 3.8) is 0 Å². The van der Waals surface area contributed by atoms with Crippen molar-refractivity contribution < 1.29 is 17.6 Å². The fraction of sp³-hybridized carbons (Fsp3) is 0.417. The van der Waals surface area contributed by atoms with Crippen LogP contribution in [0.25, 0.3) is 0 Å². The topological polar surface area (TPSA) is 80.5 Å². The van der Waals surface area contributed by atoms with Gasteiger partial charge in [-0.15, -0.1) is 0 Å². The van der Waals surface area contributed by atoms with E-state index in [4.69, 9.17) is 5.73 Å². The summed E-state index contributed by atoms with van der Waals surface area (Å²) < 4.78 is 39.8. The molecule has 8 heteroatoms. The molecule has 1 aromatic rings. The minimum atomic E-state index is -3.92. The molecule has 0 spiro atoms. The van der Waals surface area contributed by atoms with Gasteiger partial charge in [0.25, 0.3) is 0 Å². The molecule has 2 rings (SSSR count). The monoisotopic (exact) mass is 364 g/mol. The van der Waals surface area contributed by atoms with Crippen molar-refractivity contribution in [3.05, 3.63) is 28.5 Å². The molecule has 20 heavy (non-hydrogen) atoms. The lowest BCUT2D eigenvalue weighted by atomic mass is 10.0. The van der Waals surface area contributed by atoms with E-state index in [1.54, 1.807) is 0 Å². The average molecular weight is 365 g/mol. The SMILES string of the molecule is NC(=O)C1CCCCN1S(=O)(=O)c1ccc(Br)c(F)c1. The van der Waals surface area contributed by atoms with Crippen LogP contribution in [0.5, 0.6) is 0 Å². The van der Waals surface area contributed by atoms with E-state index in [1.807, 2.05) is 0 Å². The van der Waals surface area contributed by atoms with E-state index < -0.39 is 27.8 Å². The lowest BCUT2D eigenvalue weighted by Gasteiger charge is -2.32. The second-order valence-corrected chi connectivity index (χ2v) is 7.35. The van der Waals surface area contributed by atoms with Crippen LogP contribution in [0.1, 0.15) is 19.3 Å². The molecule has 1 unspecified atom stereocenters. The van der Waals surface area contributed by atoms with Gasteiger partial charge in [0.05, 0.1) is 9.37 Å². The molecule has 1 heterocycles. The summed E-state index contributed by atoms with van der Waals surface area (Å²) in [5.41, 5.74) is 5.26. The molecule has 0 aliphatic carbocycles. The zero-order chi connectivity index (χ0) is 14.9. The number of amides is 1. The summed E-state index contributed by atoms with van der Waals surface area (Å²) in [4.78, 5) is 11.2. The Balaban J connectivity index is 2.42. The minimum absolute atomic E-state index is 0.175. The van der Waals surface area contributed by atoms with Crippen LogP contribution in [0, 0.1) is 5.82 Å². The lowest BCUT2D eigenvalue weighted by molar-refractivity contribution is -0.122. The maximum atomic E-state index is 13.5. The molecule has 1 atom stereocenters. The zero-order valence-electron chi connectivity index (χ0n) is 10.6. The van der Waals surface area contributed by atoms with Gasteiger partial charge >= 0.3 is 0 Å². The van der Waals surface area contributed by atoms with Crippen molar-refractivity contribution >= 4 is 31.9 Å².